The fourth-order valence-electron chi connectivity index (χ4n) is 3.07. The second-order valence-corrected chi connectivity index (χ2v) is 6.05. The molecule has 1 fully saturated rings. The number of hydrogen-bond donors (Lipinski definition) is 1. The second kappa shape index (κ2) is 7.43. The highest BCUT2D eigenvalue weighted by Crippen LogP contribution is 2.38. The van der Waals surface area contributed by atoms with E-state index in [0.29, 0.717) is 18.1 Å². The van der Waals surface area contributed by atoms with E-state index in [4.69, 9.17) is 9.47 Å². The quantitative estimate of drug-likeness (QED) is 0.850. The molecule has 0 aliphatic carbocycles. The van der Waals surface area contributed by atoms with E-state index in [-0.39, 0.29) is 0 Å². The first-order valence-corrected chi connectivity index (χ1v) is 8.19. The van der Waals surface area contributed by atoms with E-state index in [1.165, 1.54) is 5.56 Å². The zero-order valence-corrected chi connectivity index (χ0v) is 14.1. The van der Waals surface area contributed by atoms with Crippen molar-refractivity contribution in [1.82, 2.24) is 5.32 Å². The fourth-order valence-corrected chi connectivity index (χ4v) is 3.67. The number of hydrogen-bond acceptors (Lipinski definition) is 3. The molecule has 1 heterocycles. The highest BCUT2D eigenvalue weighted by atomic mass is 79.9. The molecule has 1 aromatic rings. The molecule has 1 aliphatic heterocycles. The summed E-state index contributed by atoms with van der Waals surface area (Å²) in [7, 11) is 1.70. The van der Waals surface area contributed by atoms with Crippen LogP contribution >= 0.6 is 15.9 Å². The van der Waals surface area contributed by atoms with Crippen LogP contribution in [0.5, 0.6) is 5.75 Å². The van der Waals surface area contributed by atoms with E-state index in [0.717, 1.165) is 36.2 Å². The van der Waals surface area contributed by atoms with E-state index < -0.39 is 0 Å². The first-order chi connectivity index (χ1) is 9.71. The predicted octanol–water partition coefficient (Wildman–Crippen LogP) is 3.92. The second-order valence-electron chi connectivity index (χ2n) is 5.19. The summed E-state index contributed by atoms with van der Waals surface area (Å²) in [6, 6.07) is 6.55. The standard InChI is InChI=1S/C16H24BrNO2/c1-4-15-13(8-9-20-15)16(18-5-2)12-7-6-11(19-3)10-14(12)17/h6-7,10,13,15-16,18H,4-5,8-9H2,1-3H3. The molecule has 1 aliphatic rings. The van der Waals surface area contributed by atoms with Crippen molar-refractivity contribution in [2.24, 2.45) is 5.92 Å². The van der Waals surface area contributed by atoms with E-state index in [9.17, 15) is 0 Å². The van der Waals surface area contributed by atoms with Gasteiger partial charge >= 0.3 is 0 Å². The Labute approximate surface area is 130 Å². The monoisotopic (exact) mass is 341 g/mol. The minimum Gasteiger partial charge on any atom is -0.497 e. The largest absolute Gasteiger partial charge is 0.497 e. The summed E-state index contributed by atoms with van der Waals surface area (Å²) in [4.78, 5) is 0. The van der Waals surface area contributed by atoms with E-state index in [1.54, 1.807) is 7.11 Å². The van der Waals surface area contributed by atoms with Gasteiger partial charge in [-0.05, 0) is 37.1 Å². The average Bonchev–Trinajstić information content (AvgIpc) is 2.93. The third kappa shape index (κ3) is 3.35. The lowest BCUT2D eigenvalue weighted by Crippen LogP contribution is -2.33. The first kappa shape index (κ1) is 15.8. The summed E-state index contributed by atoms with van der Waals surface area (Å²) in [6.45, 7) is 6.19. The predicted molar refractivity (Wildman–Crippen MR) is 85.2 cm³/mol. The van der Waals surface area contributed by atoms with Crippen molar-refractivity contribution in [2.45, 2.75) is 38.8 Å². The first-order valence-electron chi connectivity index (χ1n) is 7.39. The molecule has 1 N–H and O–H groups in total. The van der Waals surface area contributed by atoms with Crippen LogP contribution < -0.4 is 10.1 Å². The summed E-state index contributed by atoms with van der Waals surface area (Å²) < 4.78 is 12.3. The van der Waals surface area contributed by atoms with Crippen LogP contribution in [0.2, 0.25) is 0 Å². The van der Waals surface area contributed by atoms with E-state index >= 15 is 0 Å². The third-order valence-electron chi connectivity index (χ3n) is 4.06. The van der Waals surface area contributed by atoms with Crippen molar-refractivity contribution in [3.05, 3.63) is 28.2 Å². The van der Waals surface area contributed by atoms with Crippen molar-refractivity contribution in [3.63, 3.8) is 0 Å². The van der Waals surface area contributed by atoms with Crippen LogP contribution in [0.3, 0.4) is 0 Å². The van der Waals surface area contributed by atoms with Crippen molar-refractivity contribution >= 4 is 15.9 Å². The zero-order valence-electron chi connectivity index (χ0n) is 12.5. The SMILES string of the molecule is CCNC(c1ccc(OC)cc1Br)C1CCOC1CC. The fraction of sp³-hybridized carbons (Fsp3) is 0.625. The number of rotatable bonds is 6. The highest BCUT2D eigenvalue weighted by molar-refractivity contribution is 9.10. The van der Waals surface area contributed by atoms with Gasteiger partial charge in [0.25, 0.3) is 0 Å². The molecule has 112 valence electrons. The third-order valence-corrected chi connectivity index (χ3v) is 4.74. The van der Waals surface area contributed by atoms with Gasteiger partial charge in [0.15, 0.2) is 0 Å². The average molecular weight is 342 g/mol. The number of benzene rings is 1. The minimum absolute atomic E-state index is 0.327. The molecule has 0 radical (unpaired) electrons. The molecule has 20 heavy (non-hydrogen) atoms. The Morgan fingerprint density at radius 2 is 2.25 bits per heavy atom. The van der Waals surface area contributed by atoms with Crippen molar-refractivity contribution in [1.29, 1.82) is 0 Å². The van der Waals surface area contributed by atoms with E-state index in [1.807, 2.05) is 12.1 Å². The Balaban J connectivity index is 2.28. The summed E-state index contributed by atoms with van der Waals surface area (Å²) in [5.41, 5.74) is 1.29. The van der Waals surface area contributed by atoms with Gasteiger partial charge in [-0.1, -0.05) is 35.8 Å². The Bertz CT molecular complexity index is 438. The summed E-state index contributed by atoms with van der Waals surface area (Å²) >= 11 is 3.69. The van der Waals surface area contributed by atoms with Crippen molar-refractivity contribution in [3.8, 4) is 5.75 Å². The Hall–Kier alpha value is -0.580. The lowest BCUT2D eigenvalue weighted by atomic mass is 9.86. The Morgan fingerprint density at radius 1 is 1.45 bits per heavy atom. The molecule has 3 unspecified atom stereocenters. The van der Waals surface area contributed by atoms with Crippen molar-refractivity contribution in [2.75, 3.05) is 20.3 Å². The highest BCUT2D eigenvalue weighted by Gasteiger charge is 2.34. The topological polar surface area (TPSA) is 30.5 Å². The van der Waals surface area contributed by atoms with Gasteiger partial charge in [0, 0.05) is 23.0 Å². The molecule has 0 aromatic heterocycles. The molecule has 0 amide bonds. The van der Waals surface area contributed by atoms with Crippen LogP contribution in [0.25, 0.3) is 0 Å². The van der Waals surface area contributed by atoms with Gasteiger partial charge < -0.3 is 14.8 Å². The minimum atomic E-state index is 0.327. The molecule has 3 atom stereocenters. The molecule has 3 nitrogen and oxygen atoms in total. The molecule has 2 rings (SSSR count). The summed E-state index contributed by atoms with van der Waals surface area (Å²) in [5.74, 6) is 1.41. The van der Waals surface area contributed by atoms with Gasteiger partial charge in [-0.2, -0.15) is 0 Å². The smallest absolute Gasteiger partial charge is 0.120 e. The van der Waals surface area contributed by atoms with Crippen molar-refractivity contribution < 1.29 is 9.47 Å². The van der Waals surface area contributed by atoms with Gasteiger partial charge in [-0.15, -0.1) is 0 Å². The maximum atomic E-state index is 5.87. The molecule has 0 spiro atoms. The number of methoxy groups -OCH3 is 1. The lowest BCUT2D eigenvalue weighted by molar-refractivity contribution is 0.0775. The van der Waals surface area contributed by atoms with E-state index in [2.05, 4.69) is 41.2 Å². The van der Waals surface area contributed by atoms with Crippen LogP contribution in [0.15, 0.2) is 22.7 Å². The lowest BCUT2D eigenvalue weighted by Gasteiger charge is -2.29. The molecule has 4 heteroatoms. The molecule has 0 saturated carbocycles. The van der Waals surface area contributed by atoms with Gasteiger partial charge in [0.2, 0.25) is 0 Å². The number of nitrogens with one attached hydrogen (secondary N) is 1. The van der Waals surface area contributed by atoms with Crippen LogP contribution in [-0.4, -0.2) is 26.4 Å². The van der Waals surface area contributed by atoms with Crippen LogP contribution in [0.1, 0.15) is 38.3 Å². The van der Waals surface area contributed by atoms with Gasteiger partial charge in [-0.3, -0.25) is 0 Å². The van der Waals surface area contributed by atoms with Crippen LogP contribution in [-0.2, 0) is 4.74 Å². The molecular formula is C16H24BrNO2. The summed E-state index contributed by atoms with van der Waals surface area (Å²) in [6.07, 6.45) is 2.54. The molecule has 0 bridgehead atoms. The number of ether oxygens (including phenoxy) is 2. The molecular weight excluding hydrogens is 318 g/mol. The summed E-state index contributed by atoms with van der Waals surface area (Å²) in [5, 5.41) is 3.63. The van der Waals surface area contributed by atoms with Crippen LogP contribution in [0, 0.1) is 5.92 Å². The maximum absolute atomic E-state index is 5.87. The Kier molecular flexibility index (Phi) is 5.87. The van der Waals surface area contributed by atoms with Crippen LogP contribution in [0.4, 0.5) is 0 Å². The maximum Gasteiger partial charge on any atom is 0.120 e. The molecule has 1 saturated heterocycles. The van der Waals surface area contributed by atoms with Gasteiger partial charge in [0.05, 0.1) is 13.2 Å². The van der Waals surface area contributed by atoms with Gasteiger partial charge in [0.1, 0.15) is 5.75 Å². The molecule has 1 aromatic carbocycles. The van der Waals surface area contributed by atoms with Gasteiger partial charge in [-0.25, -0.2) is 0 Å². The number of halogens is 1. The normalized spacial score (nSPS) is 23.8. The zero-order chi connectivity index (χ0) is 14.5. The Morgan fingerprint density at radius 3 is 2.85 bits per heavy atom.